The van der Waals surface area contributed by atoms with Gasteiger partial charge in [-0.1, -0.05) is 88.8 Å². The van der Waals surface area contributed by atoms with E-state index in [0.29, 0.717) is 0 Å². The second-order valence-electron chi connectivity index (χ2n) is 6.77. The summed E-state index contributed by atoms with van der Waals surface area (Å²) in [6.07, 6.45) is 15.5. The highest BCUT2D eigenvalue weighted by Crippen LogP contribution is 2.27. The Morgan fingerprint density at radius 2 is 1.04 bits per heavy atom. The van der Waals surface area contributed by atoms with Gasteiger partial charge in [0.25, 0.3) is 0 Å². The van der Waals surface area contributed by atoms with E-state index in [9.17, 15) is 0 Å². The minimum atomic E-state index is -2.37. The Kier molecular flexibility index (Phi) is 14.1. The Labute approximate surface area is 169 Å². The molecule has 0 radical (unpaired) electrons. The molecule has 0 amide bonds. The van der Waals surface area contributed by atoms with E-state index >= 15 is 0 Å². The van der Waals surface area contributed by atoms with Crippen molar-refractivity contribution in [3.63, 3.8) is 0 Å². The fourth-order valence-electron chi connectivity index (χ4n) is 2.90. The molecule has 1 nitrogen and oxygen atoms in total. The Hall–Kier alpha value is 0.107. The molecule has 144 valence electrons. The molecule has 0 spiro atoms. The fraction of sp³-hybridized carbons (Fsp3) is 0.700. The van der Waals surface area contributed by atoms with Gasteiger partial charge >= 0.3 is 6.00 Å². The molecule has 0 aliphatic rings. The van der Waals surface area contributed by atoms with Gasteiger partial charge in [0.15, 0.2) is 0 Å². The van der Waals surface area contributed by atoms with E-state index < -0.39 is 6.00 Å². The molecular formula is C20H33Cl3OSi. The van der Waals surface area contributed by atoms with Crippen LogP contribution >= 0.6 is 33.2 Å². The molecular weight excluding hydrogens is 391 g/mol. The number of hydrogen-bond acceptors (Lipinski definition) is 1. The molecule has 0 aliphatic carbocycles. The van der Waals surface area contributed by atoms with Crippen LogP contribution in [0.3, 0.4) is 0 Å². The normalized spacial score (nSPS) is 11.6. The molecule has 0 heterocycles. The van der Waals surface area contributed by atoms with Crippen LogP contribution in [0.2, 0.25) is 6.04 Å². The van der Waals surface area contributed by atoms with Crippen LogP contribution in [0.1, 0.15) is 77.0 Å². The van der Waals surface area contributed by atoms with Gasteiger partial charge in [0.1, 0.15) is 5.75 Å². The predicted molar refractivity (Wildman–Crippen MR) is 115 cm³/mol. The van der Waals surface area contributed by atoms with Gasteiger partial charge in [0.2, 0.25) is 0 Å². The molecule has 1 rings (SSSR count). The summed E-state index contributed by atoms with van der Waals surface area (Å²) in [6, 6.07) is 8.52. The van der Waals surface area contributed by atoms with Crippen LogP contribution in [0.5, 0.6) is 5.75 Å². The van der Waals surface area contributed by atoms with Crippen molar-refractivity contribution in [3.8, 4) is 5.75 Å². The number of halogens is 3. The molecule has 0 N–H and O–H groups in total. The second kappa shape index (κ2) is 15.2. The van der Waals surface area contributed by atoms with E-state index in [1.807, 2.05) is 30.3 Å². The average molecular weight is 424 g/mol. The van der Waals surface area contributed by atoms with Crippen LogP contribution in [0.4, 0.5) is 0 Å². The largest absolute Gasteiger partial charge is 0.494 e. The van der Waals surface area contributed by atoms with Crippen molar-refractivity contribution in [1.29, 1.82) is 0 Å². The number of hydrogen-bond donors (Lipinski definition) is 0. The first-order valence-corrected chi connectivity index (χ1v) is 15.1. The summed E-state index contributed by atoms with van der Waals surface area (Å²) in [4.78, 5) is 0. The van der Waals surface area contributed by atoms with Gasteiger partial charge in [-0.25, -0.2) is 0 Å². The number of benzene rings is 1. The lowest BCUT2D eigenvalue weighted by Crippen LogP contribution is -2.07. The van der Waals surface area contributed by atoms with Crippen molar-refractivity contribution in [1.82, 2.24) is 0 Å². The van der Waals surface area contributed by atoms with E-state index in [2.05, 4.69) is 0 Å². The predicted octanol–water partition coefficient (Wildman–Crippen LogP) is 8.40. The molecule has 25 heavy (non-hydrogen) atoms. The number of rotatable bonds is 16. The van der Waals surface area contributed by atoms with Gasteiger partial charge in [0.05, 0.1) is 6.61 Å². The Balaban J connectivity index is 1.73. The zero-order valence-corrected chi connectivity index (χ0v) is 18.6. The fourth-order valence-corrected chi connectivity index (χ4v) is 4.76. The summed E-state index contributed by atoms with van der Waals surface area (Å²) in [7, 11) is 0. The molecule has 0 saturated carbocycles. The summed E-state index contributed by atoms with van der Waals surface area (Å²) >= 11 is 17.6. The highest BCUT2D eigenvalue weighted by Gasteiger charge is 2.23. The summed E-state index contributed by atoms with van der Waals surface area (Å²) in [5, 5.41) is 0. The third kappa shape index (κ3) is 16.0. The number of ether oxygens (including phenoxy) is 1. The van der Waals surface area contributed by atoms with Crippen LogP contribution in [0.15, 0.2) is 30.3 Å². The van der Waals surface area contributed by atoms with Gasteiger partial charge in [-0.05, 0) is 24.6 Å². The highest BCUT2D eigenvalue weighted by molar-refractivity contribution is 7.64. The quantitative estimate of drug-likeness (QED) is 0.147. The zero-order valence-electron chi connectivity index (χ0n) is 15.3. The standard InChI is InChI=1S/C20H33Cl3OSi/c21-25(22,23)19-15-10-8-6-4-2-1-3-5-7-9-14-18-24-20-16-12-11-13-17-20/h11-13,16-17H,1-10,14-15,18-19H2. The number of unbranched alkanes of at least 4 members (excludes halogenated alkanes) is 11. The first-order chi connectivity index (χ1) is 12.1. The van der Waals surface area contributed by atoms with E-state index in [-0.39, 0.29) is 0 Å². The first-order valence-electron chi connectivity index (χ1n) is 9.82. The van der Waals surface area contributed by atoms with Crippen LogP contribution < -0.4 is 4.74 Å². The summed E-state index contributed by atoms with van der Waals surface area (Å²) in [5.74, 6) is 0.983. The van der Waals surface area contributed by atoms with Gasteiger partial charge in [0, 0.05) is 0 Å². The summed E-state index contributed by atoms with van der Waals surface area (Å²) in [5.41, 5.74) is 0. The Morgan fingerprint density at radius 3 is 1.52 bits per heavy atom. The van der Waals surface area contributed by atoms with Crippen LogP contribution in [0, 0.1) is 0 Å². The highest BCUT2D eigenvalue weighted by atomic mass is 35.8. The maximum Gasteiger partial charge on any atom is 0.341 e. The van der Waals surface area contributed by atoms with Gasteiger partial charge in [-0.15, -0.1) is 33.2 Å². The minimum Gasteiger partial charge on any atom is -0.494 e. The maximum atomic E-state index is 5.87. The van der Waals surface area contributed by atoms with Gasteiger partial charge in [-0.2, -0.15) is 0 Å². The van der Waals surface area contributed by atoms with Crippen LogP contribution in [0.25, 0.3) is 0 Å². The topological polar surface area (TPSA) is 9.23 Å². The molecule has 0 fully saturated rings. The lowest BCUT2D eigenvalue weighted by atomic mass is 10.1. The third-order valence-electron chi connectivity index (χ3n) is 4.37. The molecule has 0 unspecified atom stereocenters. The van der Waals surface area contributed by atoms with Crippen molar-refractivity contribution in [2.45, 2.75) is 83.1 Å². The summed E-state index contributed by atoms with van der Waals surface area (Å²) in [6.45, 7) is 0.838. The average Bonchev–Trinajstić information content (AvgIpc) is 2.58. The minimum absolute atomic E-state index is 0.814. The lowest BCUT2D eigenvalue weighted by Gasteiger charge is -2.07. The molecule has 0 saturated heterocycles. The van der Waals surface area contributed by atoms with E-state index in [0.717, 1.165) is 31.2 Å². The number of para-hydroxylation sites is 1. The van der Waals surface area contributed by atoms with Crippen molar-refractivity contribution >= 4 is 39.2 Å². The van der Waals surface area contributed by atoms with Crippen LogP contribution in [-0.2, 0) is 0 Å². The Bertz CT molecular complexity index is 409. The Morgan fingerprint density at radius 1 is 0.600 bits per heavy atom. The van der Waals surface area contributed by atoms with Gasteiger partial charge < -0.3 is 4.74 Å². The van der Waals surface area contributed by atoms with Crippen molar-refractivity contribution < 1.29 is 4.74 Å². The lowest BCUT2D eigenvalue weighted by molar-refractivity contribution is 0.304. The van der Waals surface area contributed by atoms with Crippen LogP contribution in [-0.4, -0.2) is 12.6 Å². The molecule has 0 aromatic heterocycles. The molecule has 0 atom stereocenters. The second-order valence-corrected chi connectivity index (χ2v) is 16.0. The first kappa shape index (κ1) is 23.1. The van der Waals surface area contributed by atoms with Crippen molar-refractivity contribution in [3.05, 3.63) is 30.3 Å². The molecule has 1 aromatic carbocycles. The van der Waals surface area contributed by atoms with Crippen molar-refractivity contribution in [2.24, 2.45) is 0 Å². The van der Waals surface area contributed by atoms with Gasteiger partial charge in [-0.3, -0.25) is 0 Å². The van der Waals surface area contributed by atoms with Crippen molar-refractivity contribution in [2.75, 3.05) is 6.61 Å². The maximum absolute atomic E-state index is 5.87. The summed E-state index contributed by atoms with van der Waals surface area (Å²) < 4.78 is 5.70. The van der Waals surface area contributed by atoms with E-state index in [1.165, 1.54) is 64.2 Å². The molecule has 5 heteroatoms. The SMILES string of the molecule is Cl[Si](Cl)(Cl)CCCCCCCCCCCCCCOc1ccccc1. The third-order valence-corrected chi connectivity index (χ3v) is 6.99. The monoisotopic (exact) mass is 422 g/mol. The molecule has 1 aromatic rings. The smallest absolute Gasteiger partial charge is 0.341 e. The van der Waals surface area contributed by atoms with E-state index in [4.69, 9.17) is 38.0 Å². The molecule has 0 bridgehead atoms. The zero-order chi connectivity index (χ0) is 18.2. The van der Waals surface area contributed by atoms with E-state index in [1.54, 1.807) is 0 Å². The molecule has 0 aliphatic heterocycles.